The first-order valence-corrected chi connectivity index (χ1v) is 8.71. The van der Waals surface area contributed by atoms with Crippen molar-refractivity contribution in [2.24, 2.45) is 0 Å². The highest BCUT2D eigenvalue weighted by molar-refractivity contribution is 7.91. The van der Waals surface area contributed by atoms with Gasteiger partial charge in [0.2, 0.25) is 5.91 Å². The van der Waals surface area contributed by atoms with Gasteiger partial charge in [-0.2, -0.15) is 4.37 Å². The maximum absolute atomic E-state index is 12.1. The first kappa shape index (κ1) is 16.7. The summed E-state index contributed by atoms with van der Waals surface area (Å²) >= 11 is 0.954. The van der Waals surface area contributed by atoms with Crippen molar-refractivity contribution in [2.75, 3.05) is 36.9 Å². The lowest BCUT2D eigenvalue weighted by Crippen LogP contribution is -2.32. The average molecular weight is 320 g/mol. The van der Waals surface area contributed by atoms with Gasteiger partial charge in [0.05, 0.1) is 12.3 Å². The van der Waals surface area contributed by atoms with Gasteiger partial charge in [0.1, 0.15) is 9.90 Å². The number of sulfone groups is 1. The topological polar surface area (TPSA) is 105 Å². The summed E-state index contributed by atoms with van der Waals surface area (Å²) in [5, 5.41) is 3.15. The summed E-state index contributed by atoms with van der Waals surface area (Å²) in [6, 6.07) is 0. The predicted molar refractivity (Wildman–Crippen MR) is 80.7 cm³/mol. The molecule has 0 bridgehead atoms. The van der Waals surface area contributed by atoms with Gasteiger partial charge >= 0.3 is 0 Å². The van der Waals surface area contributed by atoms with Crippen molar-refractivity contribution in [2.45, 2.75) is 25.2 Å². The van der Waals surface area contributed by atoms with Crippen molar-refractivity contribution in [3.8, 4) is 0 Å². The molecule has 9 heteroatoms. The van der Waals surface area contributed by atoms with Crippen molar-refractivity contribution < 1.29 is 13.2 Å². The fourth-order valence-corrected chi connectivity index (χ4v) is 4.16. The van der Waals surface area contributed by atoms with E-state index in [0.717, 1.165) is 11.5 Å². The minimum absolute atomic E-state index is 0.00705. The second kappa shape index (κ2) is 6.89. The van der Waals surface area contributed by atoms with Gasteiger partial charge < -0.3 is 16.0 Å². The molecule has 1 aromatic rings. The maximum atomic E-state index is 12.1. The molecule has 1 heterocycles. The lowest BCUT2D eigenvalue weighted by molar-refractivity contribution is -0.127. The Morgan fingerprint density at radius 3 is 2.65 bits per heavy atom. The van der Waals surface area contributed by atoms with Gasteiger partial charge in [0, 0.05) is 13.6 Å². The number of hydrogen-bond donors (Lipinski definition) is 2. The normalized spacial score (nSPS) is 11.3. The molecule has 0 unspecified atom stereocenters. The van der Waals surface area contributed by atoms with Crippen molar-refractivity contribution in [3.63, 3.8) is 0 Å². The van der Waals surface area contributed by atoms with Gasteiger partial charge in [0.15, 0.2) is 15.7 Å². The Hall–Kier alpha value is -1.35. The zero-order valence-corrected chi connectivity index (χ0v) is 13.5. The summed E-state index contributed by atoms with van der Waals surface area (Å²) in [5.74, 6) is -0.131. The molecule has 0 atom stereocenters. The molecule has 0 saturated heterocycles. The van der Waals surface area contributed by atoms with E-state index in [-0.39, 0.29) is 28.9 Å². The number of nitrogens with zero attached hydrogens (tertiary/aromatic N) is 2. The minimum atomic E-state index is -3.47. The Morgan fingerprint density at radius 1 is 1.45 bits per heavy atom. The highest BCUT2D eigenvalue weighted by atomic mass is 32.2. The average Bonchev–Trinajstić information content (AvgIpc) is 2.76. The number of nitrogen functional groups attached to an aromatic ring is 1. The molecular weight excluding hydrogens is 300 g/mol. The lowest BCUT2D eigenvalue weighted by Gasteiger charge is -2.15. The molecule has 7 nitrogen and oxygen atoms in total. The Balaban J connectivity index is 2.91. The quantitative estimate of drug-likeness (QED) is 0.770. The number of hydrogen-bond acceptors (Lipinski definition) is 7. The fraction of sp³-hybridized carbons (Fsp3) is 0.636. The molecule has 0 aromatic carbocycles. The summed E-state index contributed by atoms with van der Waals surface area (Å²) in [7, 11) is -1.79. The van der Waals surface area contributed by atoms with Gasteiger partial charge in [-0.05, 0) is 24.9 Å². The molecule has 0 radical (unpaired) electrons. The number of carbonyl (C=O) groups excluding carboxylic acids is 1. The van der Waals surface area contributed by atoms with E-state index < -0.39 is 9.84 Å². The van der Waals surface area contributed by atoms with Crippen LogP contribution in [0.5, 0.6) is 0 Å². The molecular formula is C11H20N4O3S2. The van der Waals surface area contributed by atoms with Crippen LogP contribution in [0, 0.1) is 0 Å². The van der Waals surface area contributed by atoms with Crippen molar-refractivity contribution in [1.82, 2.24) is 9.27 Å². The van der Waals surface area contributed by atoms with E-state index in [1.54, 1.807) is 14.0 Å². The van der Waals surface area contributed by atoms with E-state index >= 15 is 0 Å². The Bertz CT molecular complexity index is 568. The monoisotopic (exact) mass is 320 g/mol. The number of amides is 1. The lowest BCUT2D eigenvalue weighted by atomic mass is 10.5. The molecule has 0 aliphatic rings. The molecule has 1 rings (SSSR count). The first-order valence-electron chi connectivity index (χ1n) is 6.29. The summed E-state index contributed by atoms with van der Waals surface area (Å²) in [6.45, 7) is 4.24. The third-order valence-electron chi connectivity index (χ3n) is 2.76. The van der Waals surface area contributed by atoms with Crippen LogP contribution in [0.1, 0.15) is 20.3 Å². The zero-order chi connectivity index (χ0) is 15.3. The van der Waals surface area contributed by atoms with Gasteiger partial charge in [-0.25, -0.2) is 8.42 Å². The number of likely N-dealkylation sites (N-methyl/N-ethyl adjacent to an activating group) is 1. The van der Waals surface area contributed by atoms with Gasteiger partial charge in [-0.1, -0.05) is 6.92 Å². The number of rotatable bonds is 7. The molecule has 20 heavy (non-hydrogen) atoms. The molecule has 3 N–H and O–H groups in total. The minimum Gasteiger partial charge on any atom is -0.382 e. The molecule has 0 aliphatic carbocycles. The van der Waals surface area contributed by atoms with Crippen LogP contribution in [0.15, 0.2) is 4.90 Å². The zero-order valence-electron chi connectivity index (χ0n) is 11.8. The van der Waals surface area contributed by atoms with Crippen LogP contribution in [-0.4, -0.2) is 49.5 Å². The summed E-state index contributed by atoms with van der Waals surface area (Å²) < 4.78 is 28.1. The maximum Gasteiger partial charge on any atom is 0.241 e. The van der Waals surface area contributed by atoms with Gasteiger partial charge in [-0.3, -0.25) is 4.79 Å². The van der Waals surface area contributed by atoms with Crippen LogP contribution in [0.25, 0.3) is 0 Å². The fourth-order valence-electron chi connectivity index (χ4n) is 1.55. The van der Waals surface area contributed by atoms with Crippen LogP contribution in [0.2, 0.25) is 0 Å². The largest absolute Gasteiger partial charge is 0.382 e. The third-order valence-corrected chi connectivity index (χ3v) is 5.69. The van der Waals surface area contributed by atoms with E-state index in [2.05, 4.69) is 9.69 Å². The highest BCUT2D eigenvalue weighted by Gasteiger charge is 2.25. The number of carbonyl (C=O) groups is 1. The Kier molecular flexibility index (Phi) is 5.75. The van der Waals surface area contributed by atoms with Crippen molar-refractivity contribution in [1.29, 1.82) is 0 Å². The second-order valence-electron chi connectivity index (χ2n) is 4.31. The van der Waals surface area contributed by atoms with E-state index in [1.807, 2.05) is 6.92 Å². The van der Waals surface area contributed by atoms with Crippen LogP contribution >= 0.6 is 11.5 Å². The van der Waals surface area contributed by atoms with E-state index in [1.165, 1.54) is 4.90 Å². The summed E-state index contributed by atoms with van der Waals surface area (Å²) in [5.41, 5.74) is 5.63. The molecule has 0 fully saturated rings. The number of aromatic nitrogens is 1. The summed E-state index contributed by atoms with van der Waals surface area (Å²) in [4.78, 5) is 13.3. The van der Waals surface area contributed by atoms with Crippen molar-refractivity contribution >= 4 is 38.1 Å². The number of nitrogens with one attached hydrogen (secondary N) is 1. The molecule has 0 aliphatic heterocycles. The van der Waals surface area contributed by atoms with E-state index in [0.29, 0.717) is 18.0 Å². The van der Waals surface area contributed by atoms with Crippen LogP contribution < -0.4 is 11.1 Å². The third kappa shape index (κ3) is 3.83. The molecule has 1 aromatic heterocycles. The van der Waals surface area contributed by atoms with Gasteiger partial charge in [0.25, 0.3) is 0 Å². The van der Waals surface area contributed by atoms with Crippen molar-refractivity contribution in [3.05, 3.63) is 0 Å². The number of anilines is 2. The van der Waals surface area contributed by atoms with Crippen LogP contribution in [0.4, 0.5) is 10.8 Å². The van der Waals surface area contributed by atoms with Crippen LogP contribution in [-0.2, 0) is 14.6 Å². The Morgan fingerprint density at radius 2 is 2.10 bits per heavy atom. The standard InChI is InChI=1S/C11H20N4O3S2/c1-4-6-20(17,18)9-10(12)14-19-11(9)13-7-8(16)15(3)5-2/h13H,4-7H2,1-3H3,(H2,12,14). The molecule has 114 valence electrons. The van der Waals surface area contributed by atoms with Gasteiger partial charge in [-0.15, -0.1) is 0 Å². The highest BCUT2D eigenvalue weighted by Crippen LogP contribution is 2.32. The first-order chi connectivity index (χ1) is 9.33. The SMILES string of the molecule is CCCS(=O)(=O)c1c(N)nsc1NCC(=O)N(C)CC. The predicted octanol–water partition coefficient (Wildman–Crippen LogP) is 0.799. The van der Waals surface area contributed by atoms with E-state index in [9.17, 15) is 13.2 Å². The molecule has 0 saturated carbocycles. The Labute approximate surface area is 123 Å². The molecule has 0 spiro atoms. The number of nitrogens with two attached hydrogens (primary N) is 1. The van der Waals surface area contributed by atoms with E-state index in [4.69, 9.17) is 5.73 Å². The second-order valence-corrected chi connectivity index (χ2v) is 7.13. The molecule has 1 amide bonds. The summed E-state index contributed by atoms with van der Waals surface area (Å²) in [6.07, 6.45) is 0.495. The smallest absolute Gasteiger partial charge is 0.241 e. The van der Waals surface area contributed by atoms with Crippen LogP contribution in [0.3, 0.4) is 0 Å².